The highest BCUT2D eigenvalue weighted by Gasteiger charge is 2.23. The Balaban J connectivity index is 2.02. The van der Waals surface area contributed by atoms with Gasteiger partial charge in [-0.1, -0.05) is 38.8 Å². The van der Waals surface area contributed by atoms with Crippen molar-refractivity contribution < 1.29 is 4.74 Å². The molecule has 0 amide bonds. The molecule has 1 nitrogen and oxygen atoms in total. The average molecular weight is 402 g/mol. The van der Waals surface area contributed by atoms with Gasteiger partial charge in [-0.3, -0.25) is 0 Å². The molecule has 0 spiro atoms. The van der Waals surface area contributed by atoms with E-state index in [9.17, 15) is 0 Å². The van der Waals surface area contributed by atoms with E-state index in [1.165, 1.54) is 20.9 Å². The number of alkyl halides is 1. The van der Waals surface area contributed by atoms with Gasteiger partial charge in [-0.05, 0) is 36.2 Å². The fourth-order valence-corrected chi connectivity index (χ4v) is 4.61. The summed E-state index contributed by atoms with van der Waals surface area (Å²) in [6.07, 6.45) is 2.10. The second-order valence-corrected chi connectivity index (χ2v) is 7.63. The molecular formula is C15H14Br2OS. The molecule has 3 rings (SSSR count). The number of hydrogen-bond donors (Lipinski definition) is 0. The molecule has 1 aliphatic heterocycles. The van der Waals surface area contributed by atoms with E-state index in [1.807, 2.05) is 11.3 Å². The summed E-state index contributed by atoms with van der Waals surface area (Å²) in [6, 6.07) is 8.75. The number of thiophene rings is 1. The van der Waals surface area contributed by atoms with Crippen LogP contribution in [0.25, 0.3) is 0 Å². The van der Waals surface area contributed by atoms with E-state index in [0.29, 0.717) is 0 Å². The maximum Gasteiger partial charge on any atom is 0.127 e. The number of ether oxygens (including phenoxy) is 1. The number of hydrogen-bond acceptors (Lipinski definition) is 2. The molecule has 0 aliphatic carbocycles. The maximum absolute atomic E-state index is 5.81. The fraction of sp³-hybridized carbons (Fsp3) is 0.333. The third-order valence-corrected chi connectivity index (χ3v) is 6.37. The quantitative estimate of drug-likeness (QED) is 0.617. The Bertz CT molecular complexity index is 606. The maximum atomic E-state index is 5.81. The molecule has 0 bridgehead atoms. The Kier molecular flexibility index (Phi) is 4.01. The molecule has 2 heterocycles. The molecule has 1 aromatic carbocycles. The van der Waals surface area contributed by atoms with Crippen molar-refractivity contribution >= 4 is 43.2 Å². The zero-order chi connectivity index (χ0) is 13.4. The smallest absolute Gasteiger partial charge is 0.127 e. The van der Waals surface area contributed by atoms with Gasteiger partial charge in [0.05, 0.1) is 11.4 Å². The van der Waals surface area contributed by atoms with E-state index in [4.69, 9.17) is 4.74 Å². The third-order valence-electron chi connectivity index (χ3n) is 3.33. The number of benzene rings is 1. The Morgan fingerprint density at radius 1 is 1.37 bits per heavy atom. The van der Waals surface area contributed by atoms with E-state index in [-0.39, 0.29) is 4.83 Å². The first-order valence-electron chi connectivity index (χ1n) is 6.37. The van der Waals surface area contributed by atoms with Crippen LogP contribution in [0.5, 0.6) is 5.75 Å². The van der Waals surface area contributed by atoms with Gasteiger partial charge in [0.25, 0.3) is 0 Å². The lowest BCUT2D eigenvalue weighted by Crippen LogP contribution is -1.95. The number of fused-ring (bicyclic) bond motifs is 1. The van der Waals surface area contributed by atoms with Gasteiger partial charge in [0, 0.05) is 26.2 Å². The van der Waals surface area contributed by atoms with Crippen molar-refractivity contribution in [1.29, 1.82) is 0 Å². The summed E-state index contributed by atoms with van der Waals surface area (Å²) in [5, 5.41) is 0. The third kappa shape index (κ3) is 2.63. The van der Waals surface area contributed by atoms with E-state index >= 15 is 0 Å². The minimum Gasteiger partial charge on any atom is -0.493 e. The van der Waals surface area contributed by atoms with Gasteiger partial charge in [0.1, 0.15) is 5.75 Å². The van der Waals surface area contributed by atoms with Crippen LogP contribution in [0.1, 0.15) is 32.6 Å². The largest absolute Gasteiger partial charge is 0.493 e. The predicted octanol–water partition coefficient (Wildman–Crippen LogP) is 5.49. The fourth-order valence-electron chi connectivity index (χ4n) is 2.36. The van der Waals surface area contributed by atoms with Gasteiger partial charge >= 0.3 is 0 Å². The molecule has 0 N–H and O–H groups in total. The molecule has 1 unspecified atom stereocenters. The second-order valence-electron chi connectivity index (χ2n) is 4.60. The monoisotopic (exact) mass is 400 g/mol. The Labute approximate surface area is 134 Å². The van der Waals surface area contributed by atoms with E-state index < -0.39 is 0 Å². The van der Waals surface area contributed by atoms with Crippen LogP contribution in [-0.4, -0.2) is 6.61 Å². The first-order chi connectivity index (χ1) is 9.19. The lowest BCUT2D eigenvalue weighted by molar-refractivity contribution is 0.354. The van der Waals surface area contributed by atoms with Crippen molar-refractivity contribution in [3.63, 3.8) is 0 Å². The Morgan fingerprint density at radius 3 is 2.95 bits per heavy atom. The van der Waals surface area contributed by atoms with Crippen molar-refractivity contribution in [2.24, 2.45) is 0 Å². The van der Waals surface area contributed by atoms with E-state index in [0.717, 1.165) is 29.7 Å². The molecule has 0 saturated heterocycles. The van der Waals surface area contributed by atoms with Crippen LogP contribution in [-0.2, 0) is 12.8 Å². The SMILES string of the molecule is CCc1ccc(C(Br)c2cc(Br)cc3c2OCC3)s1. The number of aryl methyl sites for hydroxylation is 1. The van der Waals surface area contributed by atoms with Crippen molar-refractivity contribution in [2.75, 3.05) is 6.61 Å². The molecule has 0 saturated carbocycles. The summed E-state index contributed by atoms with van der Waals surface area (Å²) in [5.41, 5.74) is 2.53. The Hall–Kier alpha value is -0.320. The molecule has 0 fully saturated rings. The summed E-state index contributed by atoms with van der Waals surface area (Å²) in [7, 11) is 0. The zero-order valence-corrected chi connectivity index (χ0v) is 14.6. The minimum atomic E-state index is 0.210. The molecule has 1 aromatic heterocycles. The van der Waals surface area contributed by atoms with Gasteiger partial charge in [-0.15, -0.1) is 11.3 Å². The van der Waals surface area contributed by atoms with Gasteiger partial charge in [0.15, 0.2) is 0 Å². The van der Waals surface area contributed by atoms with Crippen LogP contribution in [0, 0.1) is 0 Å². The van der Waals surface area contributed by atoms with Crippen molar-refractivity contribution in [3.8, 4) is 5.75 Å². The normalized spacial score (nSPS) is 15.1. The summed E-state index contributed by atoms with van der Waals surface area (Å²) in [6.45, 7) is 2.99. The van der Waals surface area contributed by atoms with Gasteiger partial charge in [-0.2, -0.15) is 0 Å². The predicted molar refractivity (Wildman–Crippen MR) is 87.8 cm³/mol. The molecular weight excluding hydrogens is 388 g/mol. The van der Waals surface area contributed by atoms with Crippen molar-refractivity contribution in [2.45, 2.75) is 24.6 Å². The first kappa shape index (κ1) is 13.7. The molecule has 19 heavy (non-hydrogen) atoms. The van der Waals surface area contributed by atoms with Crippen LogP contribution < -0.4 is 4.74 Å². The summed E-state index contributed by atoms with van der Waals surface area (Å²) >= 11 is 9.31. The highest BCUT2D eigenvalue weighted by Crippen LogP contribution is 2.44. The molecule has 100 valence electrons. The minimum absolute atomic E-state index is 0.210. The number of halogens is 2. The Morgan fingerprint density at radius 2 is 2.21 bits per heavy atom. The molecule has 1 aliphatic rings. The van der Waals surface area contributed by atoms with Crippen LogP contribution in [0.3, 0.4) is 0 Å². The second kappa shape index (κ2) is 5.58. The topological polar surface area (TPSA) is 9.23 Å². The van der Waals surface area contributed by atoms with Crippen LogP contribution >= 0.6 is 43.2 Å². The lowest BCUT2D eigenvalue weighted by atomic mass is 10.0. The summed E-state index contributed by atoms with van der Waals surface area (Å²) in [4.78, 5) is 2.97. The van der Waals surface area contributed by atoms with Crippen molar-refractivity contribution in [3.05, 3.63) is 49.6 Å². The lowest BCUT2D eigenvalue weighted by Gasteiger charge is -2.13. The van der Waals surface area contributed by atoms with Crippen LogP contribution in [0.2, 0.25) is 0 Å². The highest BCUT2D eigenvalue weighted by atomic mass is 79.9. The van der Waals surface area contributed by atoms with Gasteiger partial charge < -0.3 is 4.74 Å². The summed E-state index contributed by atoms with van der Waals surface area (Å²) in [5.74, 6) is 1.07. The van der Waals surface area contributed by atoms with Gasteiger partial charge in [0.2, 0.25) is 0 Å². The standard InChI is InChI=1S/C15H14Br2OS/c1-2-11-3-4-13(19-11)14(17)12-8-10(16)7-9-5-6-18-15(9)12/h3-4,7-8,14H,2,5-6H2,1H3. The summed E-state index contributed by atoms with van der Waals surface area (Å²) < 4.78 is 6.94. The first-order valence-corrected chi connectivity index (χ1v) is 8.89. The van der Waals surface area contributed by atoms with E-state index in [1.54, 1.807) is 0 Å². The average Bonchev–Trinajstić information content (AvgIpc) is 3.04. The highest BCUT2D eigenvalue weighted by molar-refractivity contribution is 9.10. The molecule has 4 heteroatoms. The number of rotatable bonds is 3. The van der Waals surface area contributed by atoms with Crippen molar-refractivity contribution in [1.82, 2.24) is 0 Å². The van der Waals surface area contributed by atoms with Gasteiger partial charge in [-0.25, -0.2) is 0 Å². The molecule has 2 aromatic rings. The molecule has 1 atom stereocenters. The molecule has 0 radical (unpaired) electrons. The van der Waals surface area contributed by atoms with Crippen LogP contribution in [0.4, 0.5) is 0 Å². The van der Waals surface area contributed by atoms with Crippen LogP contribution in [0.15, 0.2) is 28.7 Å². The van der Waals surface area contributed by atoms with E-state index in [2.05, 4.69) is 63.0 Å². The zero-order valence-electron chi connectivity index (χ0n) is 10.6.